The van der Waals surface area contributed by atoms with Crippen molar-refractivity contribution in [3.63, 3.8) is 0 Å². The standard InChI is InChI=1S/C20H17FN4O2S/c1-25(28(2,26)27)19-6-4-3-5-14(19)13-7-8-15(16(21)11-13)18-12-23-20-17(24-18)9-10-22-20/h3-12H,1-2H3,(H,22,23). The second-order valence-corrected chi connectivity index (χ2v) is 8.42. The number of sulfonamides is 1. The Morgan fingerprint density at radius 3 is 2.61 bits per heavy atom. The van der Waals surface area contributed by atoms with Crippen molar-refractivity contribution >= 4 is 26.9 Å². The molecule has 8 heteroatoms. The molecule has 0 atom stereocenters. The summed E-state index contributed by atoms with van der Waals surface area (Å²) >= 11 is 0. The van der Waals surface area contributed by atoms with Crippen LogP contribution < -0.4 is 4.31 Å². The fraction of sp³-hybridized carbons (Fsp3) is 0.100. The highest BCUT2D eigenvalue weighted by Crippen LogP contribution is 2.33. The second-order valence-electron chi connectivity index (χ2n) is 6.41. The molecule has 0 bridgehead atoms. The van der Waals surface area contributed by atoms with Crippen LogP contribution in [0.2, 0.25) is 0 Å². The zero-order valence-electron chi connectivity index (χ0n) is 15.2. The average Bonchev–Trinajstić information content (AvgIpc) is 3.14. The number of fused-ring (bicyclic) bond motifs is 1. The molecule has 6 nitrogen and oxygen atoms in total. The lowest BCUT2D eigenvalue weighted by Gasteiger charge is -2.20. The lowest BCUT2D eigenvalue weighted by molar-refractivity contribution is 0.600. The Morgan fingerprint density at radius 2 is 1.86 bits per heavy atom. The minimum Gasteiger partial charge on any atom is -0.345 e. The third-order valence-corrected chi connectivity index (χ3v) is 5.75. The molecule has 0 aliphatic carbocycles. The number of aromatic nitrogens is 3. The molecule has 28 heavy (non-hydrogen) atoms. The van der Waals surface area contributed by atoms with Crippen LogP contribution in [0, 0.1) is 5.82 Å². The third kappa shape index (κ3) is 3.22. The van der Waals surface area contributed by atoms with Crippen LogP contribution >= 0.6 is 0 Å². The Labute approximate surface area is 161 Å². The highest BCUT2D eigenvalue weighted by atomic mass is 32.2. The van der Waals surface area contributed by atoms with E-state index in [9.17, 15) is 12.8 Å². The molecule has 4 aromatic rings. The Morgan fingerprint density at radius 1 is 1.07 bits per heavy atom. The van der Waals surface area contributed by atoms with Crippen LogP contribution in [-0.2, 0) is 10.0 Å². The first-order chi connectivity index (χ1) is 13.3. The van der Waals surface area contributed by atoms with Crippen LogP contribution in [0.5, 0.6) is 0 Å². The molecule has 0 aliphatic heterocycles. The Bertz CT molecular complexity index is 1280. The molecule has 0 saturated carbocycles. The van der Waals surface area contributed by atoms with Crippen molar-refractivity contribution < 1.29 is 12.8 Å². The van der Waals surface area contributed by atoms with Crippen LogP contribution in [0.25, 0.3) is 33.5 Å². The van der Waals surface area contributed by atoms with Gasteiger partial charge in [-0.15, -0.1) is 0 Å². The van der Waals surface area contributed by atoms with Crippen molar-refractivity contribution in [1.82, 2.24) is 15.0 Å². The summed E-state index contributed by atoms with van der Waals surface area (Å²) in [5, 5.41) is 0. The number of halogens is 1. The zero-order valence-corrected chi connectivity index (χ0v) is 16.0. The molecule has 0 aliphatic rings. The van der Waals surface area contributed by atoms with Crippen LogP contribution in [0.4, 0.5) is 10.1 Å². The quantitative estimate of drug-likeness (QED) is 0.569. The lowest BCUT2D eigenvalue weighted by atomic mass is 10.0. The van der Waals surface area contributed by atoms with E-state index in [0.29, 0.717) is 39.2 Å². The van der Waals surface area contributed by atoms with Crippen molar-refractivity contribution in [2.45, 2.75) is 0 Å². The maximum Gasteiger partial charge on any atom is 0.232 e. The molecule has 1 N–H and O–H groups in total. The smallest absolute Gasteiger partial charge is 0.232 e. The summed E-state index contributed by atoms with van der Waals surface area (Å²) in [6, 6.07) is 13.5. The number of hydrogen-bond donors (Lipinski definition) is 1. The fourth-order valence-corrected chi connectivity index (χ4v) is 3.54. The van der Waals surface area contributed by atoms with E-state index in [1.807, 2.05) is 0 Å². The lowest BCUT2D eigenvalue weighted by Crippen LogP contribution is -2.25. The molecule has 0 unspecified atom stereocenters. The predicted molar refractivity (Wildman–Crippen MR) is 108 cm³/mol. The summed E-state index contributed by atoms with van der Waals surface area (Å²) in [6.07, 6.45) is 4.37. The summed E-state index contributed by atoms with van der Waals surface area (Å²) in [4.78, 5) is 11.6. The van der Waals surface area contributed by atoms with E-state index in [1.54, 1.807) is 48.7 Å². The number of anilines is 1. The van der Waals surface area contributed by atoms with Crippen LogP contribution in [0.1, 0.15) is 0 Å². The molecule has 0 amide bonds. The minimum absolute atomic E-state index is 0.327. The summed E-state index contributed by atoms with van der Waals surface area (Å²) in [5.41, 5.74) is 3.72. The van der Waals surface area contributed by atoms with Gasteiger partial charge in [0.25, 0.3) is 0 Å². The number of para-hydroxylation sites is 1. The molecule has 0 saturated heterocycles. The van der Waals surface area contributed by atoms with Crippen LogP contribution in [0.3, 0.4) is 0 Å². The molecule has 2 aromatic heterocycles. The average molecular weight is 396 g/mol. The predicted octanol–water partition coefficient (Wildman–Crippen LogP) is 3.83. The Balaban J connectivity index is 1.79. The number of aromatic amines is 1. The van der Waals surface area contributed by atoms with Gasteiger partial charge in [0.05, 0.1) is 23.8 Å². The number of rotatable bonds is 4. The molecular weight excluding hydrogens is 379 g/mol. The molecule has 0 radical (unpaired) electrons. The molecule has 142 valence electrons. The van der Waals surface area contributed by atoms with Gasteiger partial charge < -0.3 is 4.98 Å². The van der Waals surface area contributed by atoms with E-state index < -0.39 is 15.8 Å². The van der Waals surface area contributed by atoms with E-state index in [2.05, 4.69) is 15.0 Å². The Kier molecular flexibility index (Phi) is 4.35. The second kappa shape index (κ2) is 6.72. The number of benzene rings is 2. The highest BCUT2D eigenvalue weighted by molar-refractivity contribution is 7.92. The van der Waals surface area contributed by atoms with Crippen molar-refractivity contribution in [2.75, 3.05) is 17.6 Å². The van der Waals surface area contributed by atoms with Gasteiger partial charge in [0.1, 0.15) is 11.3 Å². The van der Waals surface area contributed by atoms with Gasteiger partial charge in [0.2, 0.25) is 10.0 Å². The van der Waals surface area contributed by atoms with Crippen LogP contribution in [0.15, 0.2) is 60.9 Å². The van der Waals surface area contributed by atoms with E-state index in [4.69, 9.17) is 0 Å². The van der Waals surface area contributed by atoms with E-state index in [0.717, 1.165) is 6.26 Å². The molecule has 4 rings (SSSR count). The van der Waals surface area contributed by atoms with Gasteiger partial charge in [0, 0.05) is 24.4 Å². The first-order valence-electron chi connectivity index (χ1n) is 8.48. The van der Waals surface area contributed by atoms with Gasteiger partial charge in [-0.1, -0.05) is 24.3 Å². The van der Waals surface area contributed by atoms with Gasteiger partial charge in [-0.2, -0.15) is 0 Å². The van der Waals surface area contributed by atoms with Gasteiger partial charge in [-0.25, -0.2) is 22.8 Å². The zero-order chi connectivity index (χ0) is 19.9. The van der Waals surface area contributed by atoms with Crippen LogP contribution in [-0.4, -0.2) is 36.7 Å². The van der Waals surface area contributed by atoms with Gasteiger partial charge in [-0.3, -0.25) is 4.31 Å². The van der Waals surface area contributed by atoms with Crippen molar-refractivity contribution in [3.05, 3.63) is 66.7 Å². The van der Waals surface area contributed by atoms with Crippen molar-refractivity contribution in [3.8, 4) is 22.4 Å². The largest absolute Gasteiger partial charge is 0.345 e. The topological polar surface area (TPSA) is 79.0 Å². The van der Waals surface area contributed by atoms with E-state index >= 15 is 0 Å². The molecule has 2 aromatic carbocycles. The Hall–Kier alpha value is -3.26. The van der Waals surface area contributed by atoms with E-state index in [1.165, 1.54) is 23.6 Å². The molecule has 2 heterocycles. The highest BCUT2D eigenvalue weighted by Gasteiger charge is 2.17. The van der Waals surface area contributed by atoms with Crippen molar-refractivity contribution in [1.29, 1.82) is 0 Å². The number of hydrogen-bond acceptors (Lipinski definition) is 4. The summed E-state index contributed by atoms with van der Waals surface area (Å²) in [6.45, 7) is 0. The summed E-state index contributed by atoms with van der Waals surface area (Å²) in [7, 11) is -1.97. The van der Waals surface area contributed by atoms with Crippen molar-refractivity contribution in [2.24, 2.45) is 0 Å². The monoisotopic (exact) mass is 396 g/mol. The maximum absolute atomic E-state index is 14.9. The summed E-state index contributed by atoms with van der Waals surface area (Å²) < 4.78 is 40.0. The van der Waals surface area contributed by atoms with E-state index in [-0.39, 0.29) is 0 Å². The fourth-order valence-electron chi connectivity index (χ4n) is 3.02. The van der Waals surface area contributed by atoms with Gasteiger partial charge >= 0.3 is 0 Å². The molecule has 0 fully saturated rings. The SMILES string of the molecule is CN(c1ccccc1-c1ccc(-c2cnc3[nH]ccc3n2)c(F)c1)S(C)(=O)=O. The summed E-state index contributed by atoms with van der Waals surface area (Å²) in [5.74, 6) is -0.460. The number of nitrogens with one attached hydrogen (secondary N) is 1. The number of nitrogens with zero attached hydrogens (tertiary/aromatic N) is 3. The minimum atomic E-state index is -3.44. The first kappa shape index (κ1) is 18.1. The van der Waals surface area contributed by atoms with Gasteiger partial charge in [0.15, 0.2) is 5.65 Å². The normalized spacial score (nSPS) is 11.7. The number of H-pyrrole nitrogens is 1. The first-order valence-corrected chi connectivity index (χ1v) is 10.3. The third-order valence-electron chi connectivity index (χ3n) is 4.56. The maximum atomic E-state index is 14.9. The molecule has 0 spiro atoms. The molecular formula is C20H17FN4O2S. The van der Waals surface area contributed by atoms with Gasteiger partial charge in [-0.05, 0) is 29.8 Å².